The van der Waals surface area contributed by atoms with Crippen molar-refractivity contribution in [3.05, 3.63) is 102 Å². The van der Waals surface area contributed by atoms with Crippen LogP contribution in [0, 0.1) is 10.8 Å². The van der Waals surface area contributed by atoms with E-state index in [-0.39, 0.29) is 11.8 Å². The summed E-state index contributed by atoms with van der Waals surface area (Å²) in [5.74, 6) is -3.11. The SMILES string of the molecule is CC1NC(N)C(C)(C(=O)O)C(c2ccccn2)C1(CCN1CCC(c2ccccc2)(c2ccccc2)CC1)C(=O)O. The van der Waals surface area contributed by atoms with Crippen molar-refractivity contribution in [3.63, 3.8) is 0 Å². The smallest absolute Gasteiger partial charge is 0.313 e. The van der Waals surface area contributed by atoms with Crippen molar-refractivity contribution >= 4 is 11.9 Å². The summed E-state index contributed by atoms with van der Waals surface area (Å²) in [7, 11) is 0. The Balaban J connectivity index is 1.45. The normalized spacial score (nSPS) is 30.0. The van der Waals surface area contributed by atoms with Gasteiger partial charge in [0.25, 0.3) is 0 Å². The minimum Gasteiger partial charge on any atom is -0.481 e. The molecular weight excluding hydrogens is 516 g/mol. The zero-order valence-electron chi connectivity index (χ0n) is 23.7. The lowest BCUT2D eigenvalue weighted by molar-refractivity contribution is -0.172. The molecule has 2 aromatic carbocycles. The summed E-state index contributed by atoms with van der Waals surface area (Å²) < 4.78 is 0. The lowest BCUT2D eigenvalue weighted by atomic mass is 9.53. The van der Waals surface area contributed by atoms with Crippen LogP contribution >= 0.6 is 0 Å². The number of nitrogens with two attached hydrogens (primary N) is 1. The van der Waals surface area contributed by atoms with Crippen LogP contribution in [0.1, 0.15) is 55.8 Å². The van der Waals surface area contributed by atoms with Gasteiger partial charge in [0, 0.05) is 29.3 Å². The van der Waals surface area contributed by atoms with Gasteiger partial charge in [-0.05, 0) is 76.0 Å². The number of rotatable bonds is 8. The topological polar surface area (TPSA) is 129 Å². The zero-order valence-corrected chi connectivity index (χ0v) is 23.7. The van der Waals surface area contributed by atoms with Gasteiger partial charge in [0.2, 0.25) is 0 Å². The monoisotopic (exact) mass is 556 g/mol. The van der Waals surface area contributed by atoms with Gasteiger partial charge in [0.1, 0.15) is 5.41 Å². The van der Waals surface area contributed by atoms with Crippen molar-refractivity contribution in [2.75, 3.05) is 19.6 Å². The van der Waals surface area contributed by atoms with Crippen LogP contribution in [0.5, 0.6) is 0 Å². The first-order valence-corrected chi connectivity index (χ1v) is 14.4. The number of piperidine rings is 2. The molecule has 216 valence electrons. The quantitative estimate of drug-likeness (QED) is 0.327. The molecule has 5 atom stereocenters. The highest BCUT2D eigenvalue weighted by atomic mass is 16.4. The van der Waals surface area contributed by atoms with Crippen LogP contribution in [0.2, 0.25) is 0 Å². The Hall–Kier alpha value is -3.59. The first-order chi connectivity index (χ1) is 19.7. The number of hydrogen-bond donors (Lipinski definition) is 4. The number of hydrogen-bond acceptors (Lipinski definition) is 6. The van der Waals surface area contributed by atoms with E-state index < -0.39 is 40.9 Å². The van der Waals surface area contributed by atoms with Crippen molar-refractivity contribution in [1.82, 2.24) is 15.2 Å². The third-order valence-electron chi connectivity index (χ3n) is 10.0. The number of aliphatic carboxylic acids is 2. The number of carboxylic acids is 2. The molecule has 0 amide bonds. The van der Waals surface area contributed by atoms with Crippen molar-refractivity contribution in [2.45, 2.75) is 56.7 Å². The average molecular weight is 557 g/mol. The number of nitrogens with zero attached hydrogens (tertiary/aromatic N) is 2. The summed E-state index contributed by atoms with van der Waals surface area (Å²) in [4.78, 5) is 32.9. The molecule has 2 aliphatic heterocycles. The average Bonchev–Trinajstić information content (AvgIpc) is 2.99. The summed E-state index contributed by atoms with van der Waals surface area (Å²) in [5, 5.41) is 24.5. The molecule has 0 spiro atoms. The van der Waals surface area contributed by atoms with Crippen LogP contribution in [0.25, 0.3) is 0 Å². The second kappa shape index (κ2) is 11.4. The molecule has 0 aliphatic carbocycles. The number of carbonyl (C=O) groups is 2. The molecule has 0 radical (unpaired) electrons. The van der Waals surface area contributed by atoms with E-state index in [9.17, 15) is 19.8 Å². The molecule has 0 saturated carbocycles. The van der Waals surface area contributed by atoms with E-state index in [1.807, 2.05) is 12.1 Å². The van der Waals surface area contributed by atoms with Gasteiger partial charge in [0.15, 0.2) is 0 Å². The minimum absolute atomic E-state index is 0.117. The number of likely N-dealkylation sites (tertiary alicyclic amines) is 1. The summed E-state index contributed by atoms with van der Waals surface area (Å²) in [6, 6.07) is 25.9. The van der Waals surface area contributed by atoms with Crippen LogP contribution in [0.4, 0.5) is 0 Å². The minimum atomic E-state index is -1.59. The number of nitrogens with one attached hydrogen (secondary N) is 1. The van der Waals surface area contributed by atoms with Gasteiger partial charge in [0.05, 0.1) is 11.6 Å². The lowest BCUT2D eigenvalue weighted by Gasteiger charge is -2.55. The van der Waals surface area contributed by atoms with Crippen molar-refractivity contribution in [3.8, 4) is 0 Å². The molecule has 5 rings (SSSR count). The van der Waals surface area contributed by atoms with E-state index in [1.54, 1.807) is 38.2 Å². The van der Waals surface area contributed by atoms with Gasteiger partial charge in [-0.15, -0.1) is 0 Å². The van der Waals surface area contributed by atoms with Crippen molar-refractivity contribution < 1.29 is 19.8 Å². The summed E-state index contributed by atoms with van der Waals surface area (Å²) >= 11 is 0. The maximum Gasteiger partial charge on any atom is 0.313 e. The molecule has 0 bridgehead atoms. The van der Waals surface area contributed by atoms with Gasteiger partial charge in [-0.3, -0.25) is 19.9 Å². The third kappa shape index (κ3) is 4.84. The van der Waals surface area contributed by atoms with Crippen LogP contribution in [0.3, 0.4) is 0 Å². The van der Waals surface area contributed by atoms with Crippen LogP contribution in [-0.2, 0) is 15.0 Å². The van der Waals surface area contributed by atoms with Gasteiger partial charge in [-0.25, -0.2) is 0 Å². The molecule has 5 N–H and O–H groups in total. The standard InChI is InChI=1S/C33H40N4O4/c1-23-33(30(40)41,27(26-15-9-10-19-35-26)31(2,29(38)39)28(34)36-23)18-22-37-20-16-32(17-21-37,24-11-5-3-6-12-24)25-13-7-4-8-14-25/h3-15,19,23,27-28,36H,16-18,20-22,34H2,1-2H3,(H,38,39)(H,40,41). The number of carboxylic acid groups (broad SMARTS) is 2. The molecule has 2 aliphatic rings. The van der Waals surface area contributed by atoms with Gasteiger partial charge in [-0.1, -0.05) is 66.7 Å². The number of aromatic nitrogens is 1. The number of pyridine rings is 1. The van der Waals surface area contributed by atoms with Crippen molar-refractivity contribution in [1.29, 1.82) is 0 Å². The molecule has 3 heterocycles. The lowest BCUT2D eigenvalue weighted by Crippen LogP contribution is -2.72. The summed E-state index contributed by atoms with van der Waals surface area (Å²) in [6.45, 7) is 5.46. The van der Waals surface area contributed by atoms with Gasteiger partial charge >= 0.3 is 11.9 Å². The first-order valence-electron chi connectivity index (χ1n) is 14.4. The maximum absolute atomic E-state index is 13.3. The second-order valence-corrected chi connectivity index (χ2v) is 11.9. The summed E-state index contributed by atoms with van der Waals surface area (Å²) in [5.41, 5.74) is 6.29. The molecule has 1 aromatic heterocycles. The maximum atomic E-state index is 13.3. The highest BCUT2D eigenvalue weighted by Gasteiger charge is 2.66. The first kappa shape index (κ1) is 28.9. The van der Waals surface area contributed by atoms with E-state index in [0.29, 0.717) is 12.2 Å². The number of benzene rings is 2. The van der Waals surface area contributed by atoms with Crippen molar-refractivity contribution in [2.24, 2.45) is 16.6 Å². The van der Waals surface area contributed by atoms with Crippen LogP contribution in [-0.4, -0.2) is 63.9 Å². The molecule has 5 unspecified atom stereocenters. The Bertz CT molecular complexity index is 1310. The predicted octanol–water partition coefficient (Wildman–Crippen LogP) is 4.08. The van der Waals surface area contributed by atoms with Gasteiger partial charge < -0.3 is 20.8 Å². The van der Waals surface area contributed by atoms with Crippen LogP contribution in [0.15, 0.2) is 85.1 Å². The largest absolute Gasteiger partial charge is 0.481 e. The van der Waals surface area contributed by atoms with E-state index >= 15 is 0 Å². The Morgan fingerprint density at radius 1 is 0.927 bits per heavy atom. The zero-order chi connectivity index (χ0) is 29.3. The fraction of sp³-hybridized carbons (Fsp3) is 0.424. The Labute approximate surface area is 241 Å². The molecule has 3 aromatic rings. The van der Waals surface area contributed by atoms with E-state index in [1.165, 1.54) is 11.1 Å². The van der Waals surface area contributed by atoms with E-state index in [0.717, 1.165) is 25.9 Å². The Morgan fingerprint density at radius 3 is 1.98 bits per heavy atom. The fourth-order valence-electron chi connectivity index (χ4n) is 7.47. The Kier molecular flexibility index (Phi) is 8.01. The predicted molar refractivity (Wildman–Crippen MR) is 157 cm³/mol. The molecule has 8 nitrogen and oxygen atoms in total. The molecule has 41 heavy (non-hydrogen) atoms. The van der Waals surface area contributed by atoms with Gasteiger partial charge in [-0.2, -0.15) is 0 Å². The molecule has 8 heteroatoms. The van der Waals surface area contributed by atoms with E-state index in [2.05, 4.69) is 63.7 Å². The molecule has 2 saturated heterocycles. The summed E-state index contributed by atoms with van der Waals surface area (Å²) in [6.07, 6.45) is 2.70. The highest BCUT2D eigenvalue weighted by Crippen LogP contribution is 2.56. The molecular formula is C33H40N4O4. The Morgan fingerprint density at radius 2 is 1.49 bits per heavy atom. The second-order valence-electron chi connectivity index (χ2n) is 11.9. The van der Waals surface area contributed by atoms with E-state index in [4.69, 9.17) is 5.73 Å². The highest BCUT2D eigenvalue weighted by molar-refractivity contribution is 5.83. The molecule has 2 fully saturated rings. The fourth-order valence-corrected chi connectivity index (χ4v) is 7.47. The third-order valence-corrected chi connectivity index (χ3v) is 10.0. The van der Waals surface area contributed by atoms with Crippen LogP contribution < -0.4 is 11.1 Å².